The van der Waals surface area contributed by atoms with E-state index in [-0.39, 0.29) is 29.7 Å². The van der Waals surface area contributed by atoms with Gasteiger partial charge in [0, 0.05) is 0 Å². The summed E-state index contributed by atoms with van der Waals surface area (Å²) >= 11 is 0. The van der Waals surface area contributed by atoms with Gasteiger partial charge in [-0.05, 0) is 78.8 Å². The predicted octanol–water partition coefficient (Wildman–Crippen LogP) is 8.51. The molecule has 0 heterocycles. The third kappa shape index (κ3) is 7.90. The molecular formula is C27H25F7O2. The predicted molar refractivity (Wildman–Crippen MR) is 121 cm³/mol. The van der Waals surface area contributed by atoms with Crippen molar-refractivity contribution in [1.82, 2.24) is 0 Å². The summed E-state index contributed by atoms with van der Waals surface area (Å²) in [7, 11) is 0. The highest BCUT2D eigenvalue weighted by Gasteiger charge is 2.35. The van der Waals surface area contributed by atoms with Crippen molar-refractivity contribution in [3.05, 3.63) is 94.6 Å². The van der Waals surface area contributed by atoms with Crippen molar-refractivity contribution in [1.29, 1.82) is 0 Å². The van der Waals surface area contributed by atoms with E-state index in [1.807, 2.05) is 0 Å². The maximum absolute atomic E-state index is 14.6. The van der Waals surface area contributed by atoms with E-state index in [2.05, 4.69) is 11.7 Å². The van der Waals surface area contributed by atoms with Crippen LogP contribution in [0.15, 0.2) is 60.7 Å². The fourth-order valence-corrected chi connectivity index (χ4v) is 3.63. The standard InChI is InChI=1S/C27H25F7O2/c1-2-3-4-5-18-8-12-21(13-9-18)26(30,31)35-22-14-10-19(11-15-22)6-7-20-16-23(28)25(24(29)17-20)36-27(32,33)34/h8-17H,2-7H2,1H3. The van der Waals surface area contributed by atoms with Crippen molar-refractivity contribution < 1.29 is 40.2 Å². The Kier molecular flexibility index (Phi) is 8.87. The summed E-state index contributed by atoms with van der Waals surface area (Å²) in [5, 5.41) is 0. The second-order valence-corrected chi connectivity index (χ2v) is 8.35. The summed E-state index contributed by atoms with van der Waals surface area (Å²) in [6.45, 7) is 2.09. The molecule has 0 atom stereocenters. The van der Waals surface area contributed by atoms with Crippen molar-refractivity contribution in [2.24, 2.45) is 0 Å². The Morgan fingerprint density at radius 2 is 1.17 bits per heavy atom. The van der Waals surface area contributed by atoms with Crippen LogP contribution in [0, 0.1) is 11.6 Å². The smallest absolute Gasteiger partial charge is 0.429 e. The number of unbranched alkanes of at least 4 members (excludes halogenated alkanes) is 2. The van der Waals surface area contributed by atoms with Gasteiger partial charge in [0.05, 0.1) is 5.56 Å². The maximum atomic E-state index is 14.6. The van der Waals surface area contributed by atoms with Gasteiger partial charge >= 0.3 is 12.5 Å². The lowest BCUT2D eigenvalue weighted by molar-refractivity contribution is -0.276. The summed E-state index contributed by atoms with van der Waals surface area (Å²) < 4.78 is 102. The zero-order valence-electron chi connectivity index (χ0n) is 19.5. The molecule has 0 spiro atoms. The highest BCUT2D eigenvalue weighted by atomic mass is 19.4. The van der Waals surface area contributed by atoms with Gasteiger partial charge in [-0.1, -0.05) is 44.0 Å². The average Bonchev–Trinajstić information content (AvgIpc) is 2.81. The van der Waals surface area contributed by atoms with E-state index < -0.39 is 29.9 Å². The van der Waals surface area contributed by atoms with E-state index in [4.69, 9.17) is 4.74 Å². The second-order valence-electron chi connectivity index (χ2n) is 8.35. The molecule has 36 heavy (non-hydrogen) atoms. The van der Waals surface area contributed by atoms with E-state index >= 15 is 0 Å². The molecule has 0 N–H and O–H groups in total. The topological polar surface area (TPSA) is 18.5 Å². The number of halogens is 7. The monoisotopic (exact) mass is 514 g/mol. The average molecular weight is 514 g/mol. The molecular weight excluding hydrogens is 489 g/mol. The molecule has 0 aliphatic carbocycles. The molecule has 3 rings (SSSR count). The normalized spacial score (nSPS) is 12.0. The molecule has 0 radical (unpaired) electrons. The summed E-state index contributed by atoms with van der Waals surface area (Å²) in [4.78, 5) is 0. The number of ether oxygens (including phenoxy) is 2. The fourth-order valence-electron chi connectivity index (χ4n) is 3.63. The van der Waals surface area contributed by atoms with Gasteiger partial charge in [0.25, 0.3) is 0 Å². The van der Waals surface area contributed by atoms with Gasteiger partial charge in [-0.3, -0.25) is 0 Å². The lowest BCUT2D eigenvalue weighted by Gasteiger charge is -2.19. The Labute approximate surface area is 204 Å². The third-order valence-corrected chi connectivity index (χ3v) is 5.51. The summed E-state index contributed by atoms with van der Waals surface area (Å²) in [5.41, 5.74) is 1.48. The number of benzene rings is 3. The minimum Gasteiger partial charge on any atom is -0.429 e. The van der Waals surface area contributed by atoms with E-state index in [9.17, 15) is 30.7 Å². The first-order valence-electron chi connectivity index (χ1n) is 11.5. The Hall–Kier alpha value is -3.23. The largest absolute Gasteiger partial charge is 0.573 e. The first kappa shape index (κ1) is 27.4. The van der Waals surface area contributed by atoms with Crippen molar-refractivity contribution >= 4 is 0 Å². The van der Waals surface area contributed by atoms with Crippen LogP contribution in [0.2, 0.25) is 0 Å². The van der Waals surface area contributed by atoms with E-state index in [0.29, 0.717) is 5.56 Å². The van der Waals surface area contributed by atoms with Gasteiger partial charge in [0.1, 0.15) is 5.75 Å². The van der Waals surface area contributed by atoms with E-state index in [0.717, 1.165) is 43.4 Å². The molecule has 0 aliphatic heterocycles. The van der Waals surface area contributed by atoms with Gasteiger partial charge < -0.3 is 9.47 Å². The molecule has 194 valence electrons. The minimum absolute atomic E-state index is 0.0680. The van der Waals surface area contributed by atoms with Crippen LogP contribution in [0.5, 0.6) is 11.5 Å². The maximum Gasteiger partial charge on any atom is 0.573 e. The van der Waals surface area contributed by atoms with Gasteiger partial charge in [-0.25, -0.2) is 8.78 Å². The Morgan fingerprint density at radius 1 is 0.639 bits per heavy atom. The van der Waals surface area contributed by atoms with Crippen molar-refractivity contribution in [3.8, 4) is 11.5 Å². The molecule has 0 unspecified atom stereocenters. The Balaban J connectivity index is 1.58. The van der Waals surface area contributed by atoms with Crippen LogP contribution >= 0.6 is 0 Å². The molecule has 0 aliphatic rings. The number of hydrogen-bond acceptors (Lipinski definition) is 2. The second kappa shape index (κ2) is 11.7. The zero-order chi connectivity index (χ0) is 26.3. The summed E-state index contributed by atoms with van der Waals surface area (Å²) in [6, 6.07) is 13.3. The molecule has 0 bridgehead atoms. The number of aryl methyl sites for hydroxylation is 3. The molecule has 0 saturated heterocycles. The van der Waals surface area contributed by atoms with Gasteiger partial charge in [0.2, 0.25) is 5.75 Å². The van der Waals surface area contributed by atoms with Crippen LogP contribution in [-0.4, -0.2) is 6.36 Å². The minimum atomic E-state index is -5.22. The van der Waals surface area contributed by atoms with E-state index in [1.54, 1.807) is 12.1 Å². The first-order chi connectivity index (χ1) is 17.0. The number of alkyl halides is 5. The van der Waals surface area contributed by atoms with Crippen LogP contribution in [0.25, 0.3) is 0 Å². The Bertz CT molecular complexity index is 1100. The third-order valence-electron chi connectivity index (χ3n) is 5.51. The van der Waals surface area contributed by atoms with Crippen molar-refractivity contribution in [2.45, 2.75) is 57.9 Å². The SMILES string of the molecule is CCCCCc1ccc(C(F)(F)Oc2ccc(CCc3cc(F)c(OC(F)(F)F)c(F)c3)cc2)cc1. The van der Waals surface area contributed by atoms with Gasteiger partial charge in [0.15, 0.2) is 11.6 Å². The van der Waals surface area contributed by atoms with Crippen molar-refractivity contribution in [2.75, 3.05) is 0 Å². The molecule has 3 aromatic rings. The summed E-state index contributed by atoms with van der Waals surface area (Å²) in [6.07, 6.45) is -4.43. The fraction of sp³-hybridized carbons (Fsp3) is 0.333. The molecule has 0 fully saturated rings. The van der Waals surface area contributed by atoms with Crippen LogP contribution in [-0.2, 0) is 25.4 Å². The molecule has 9 heteroatoms. The van der Waals surface area contributed by atoms with Crippen molar-refractivity contribution in [3.63, 3.8) is 0 Å². The highest BCUT2D eigenvalue weighted by molar-refractivity contribution is 5.33. The van der Waals surface area contributed by atoms with Crippen LogP contribution in [0.4, 0.5) is 30.7 Å². The lowest BCUT2D eigenvalue weighted by Crippen LogP contribution is -2.21. The van der Waals surface area contributed by atoms with Crippen LogP contribution < -0.4 is 9.47 Å². The highest BCUT2D eigenvalue weighted by Crippen LogP contribution is 2.33. The van der Waals surface area contributed by atoms with Crippen LogP contribution in [0.1, 0.15) is 48.4 Å². The van der Waals surface area contributed by atoms with Gasteiger partial charge in [-0.2, -0.15) is 8.78 Å². The van der Waals surface area contributed by atoms with Gasteiger partial charge in [-0.15, -0.1) is 13.2 Å². The molecule has 3 aromatic carbocycles. The summed E-state index contributed by atoms with van der Waals surface area (Å²) in [5.74, 6) is -4.52. The molecule has 0 amide bonds. The molecule has 0 saturated carbocycles. The quantitative estimate of drug-likeness (QED) is 0.189. The molecule has 2 nitrogen and oxygen atoms in total. The number of hydrogen-bond donors (Lipinski definition) is 0. The van der Waals surface area contributed by atoms with Crippen LogP contribution in [0.3, 0.4) is 0 Å². The zero-order valence-corrected chi connectivity index (χ0v) is 19.5. The Morgan fingerprint density at radius 3 is 1.72 bits per heavy atom. The first-order valence-corrected chi connectivity index (χ1v) is 11.5. The molecule has 0 aromatic heterocycles. The van der Waals surface area contributed by atoms with E-state index in [1.165, 1.54) is 36.4 Å². The lowest BCUT2D eigenvalue weighted by atomic mass is 10.0. The number of rotatable bonds is 11.